The lowest BCUT2D eigenvalue weighted by atomic mass is 10.1. The molecule has 0 bridgehead atoms. The fourth-order valence-corrected chi connectivity index (χ4v) is 3.21. The first-order chi connectivity index (χ1) is 13.6. The minimum Gasteiger partial charge on any atom is -0.373 e. The van der Waals surface area contributed by atoms with Gasteiger partial charge in [0.1, 0.15) is 6.54 Å². The van der Waals surface area contributed by atoms with Crippen LogP contribution in [0.4, 0.5) is 0 Å². The molecule has 144 valence electrons. The van der Waals surface area contributed by atoms with Crippen LogP contribution in [0.25, 0.3) is 5.57 Å². The first-order valence-corrected chi connectivity index (χ1v) is 9.38. The standard InChI is InChI=1S/C20H19ClN4O3/c1-13-17(15-8-9-27-12-15)10-22-25(20(13)26)11-19-23-18(24-28-19)7-4-14-2-5-16(21)6-3-14/h2-3,5-6,8,10H,4,7,9,11-12H2,1H3. The van der Waals surface area contributed by atoms with Crippen LogP contribution in [-0.4, -0.2) is 33.1 Å². The smallest absolute Gasteiger partial charge is 0.270 e. The van der Waals surface area contributed by atoms with Gasteiger partial charge in [0.25, 0.3) is 5.56 Å². The normalized spacial score (nSPS) is 13.7. The molecule has 1 aliphatic rings. The summed E-state index contributed by atoms with van der Waals surface area (Å²) in [5.41, 5.74) is 3.43. The molecule has 0 amide bonds. The van der Waals surface area contributed by atoms with E-state index in [-0.39, 0.29) is 12.1 Å². The number of rotatable bonds is 6. The predicted octanol–water partition coefficient (Wildman–Crippen LogP) is 2.84. The van der Waals surface area contributed by atoms with Crippen molar-refractivity contribution in [2.75, 3.05) is 13.2 Å². The van der Waals surface area contributed by atoms with Gasteiger partial charge < -0.3 is 9.26 Å². The molecule has 1 aliphatic heterocycles. The van der Waals surface area contributed by atoms with E-state index in [0.717, 1.165) is 23.1 Å². The second-order valence-electron chi connectivity index (χ2n) is 6.62. The number of nitrogens with zero attached hydrogens (tertiary/aromatic N) is 4. The lowest BCUT2D eigenvalue weighted by Gasteiger charge is -2.08. The van der Waals surface area contributed by atoms with Gasteiger partial charge in [-0.3, -0.25) is 4.79 Å². The Balaban J connectivity index is 1.44. The molecule has 0 atom stereocenters. The second kappa shape index (κ2) is 8.08. The molecule has 2 aromatic heterocycles. The maximum atomic E-state index is 12.6. The van der Waals surface area contributed by atoms with E-state index >= 15 is 0 Å². The highest BCUT2D eigenvalue weighted by Gasteiger charge is 2.16. The minimum absolute atomic E-state index is 0.142. The van der Waals surface area contributed by atoms with Gasteiger partial charge in [0.05, 0.1) is 19.4 Å². The number of hydrogen-bond acceptors (Lipinski definition) is 6. The van der Waals surface area contributed by atoms with Crippen LogP contribution in [0.2, 0.25) is 5.02 Å². The van der Waals surface area contributed by atoms with Gasteiger partial charge in [-0.2, -0.15) is 10.1 Å². The van der Waals surface area contributed by atoms with E-state index in [0.29, 0.717) is 41.9 Å². The molecule has 0 saturated heterocycles. The highest BCUT2D eigenvalue weighted by molar-refractivity contribution is 6.30. The molecule has 4 rings (SSSR count). The van der Waals surface area contributed by atoms with Crippen LogP contribution >= 0.6 is 11.6 Å². The molecule has 0 unspecified atom stereocenters. The molecule has 0 fully saturated rings. The Bertz CT molecular complexity index is 1070. The molecule has 8 heteroatoms. The zero-order chi connectivity index (χ0) is 19.5. The van der Waals surface area contributed by atoms with Crippen molar-refractivity contribution in [2.24, 2.45) is 0 Å². The van der Waals surface area contributed by atoms with Gasteiger partial charge in [-0.05, 0) is 36.6 Å². The molecular weight excluding hydrogens is 380 g/mol. The van der Waals surface area contributed by atoms with Gasteiger partial charge in [0.2, 0.25) is 5.89 Å². The molecule has 7 nitrogen and oxygen atoms in total. The summed E-state index contributed by atoms with van der Waals surface area (Å²) in [5, 5.41) is 8.96. The average molecular weight is 399 g/mol. The quantitative estimate of drug-likeness (QED) is 0.635. The molecular formula is C20H19ClN4O3. The fourth-order valence-electron chi connectivity index (χ4n) is 3.09. The summed E-state index contributed by atoms with van der Waals surface area (Å²) in [6.45, 7) is 3.01. The maximum absolute atomic E-state index is 12.6. The highest BCUT2D eigenvalue weighted by atomic mass is 35.5. The molecule has 0 spiro atoms. The Morgan fingerprint density at radius 2 is 2.04 bits per heavy atom. The summed E-state index contributed by atoms with van der Waals surface area (Å²) >= 11 is 5.90. The number of benzene rings is 1. The molecule has 3 aromatic rings. The Morgan fingerprint density at radius 3 is 2.79 bits per heavy atom. The van der Waals surface area contributed by atoms with Crippen LogP contribution in [0.15, 0.2) is 45.9 Å². The molecule has 0 N–H and O–H groups in total. The number of ether oxygens (including phenoxy) is 1. The largest absolute Gasteiger partial charge is 0.373 e. The van der Waals surface area contributed by atoms with Crippen LogP contribution in [0.3, 0.4) is 0 Å². The third-order valence-corrected chi connectivity index (χ3v) is 4.93. The van der Waals surface area contributed by atoms with Crippen molar-refractivity contribution < 1.29 is 9.26 Å². The van der Waals surface area contributed by atoms with Crippen molar-refractivity contribution in [3.8, 4) is 0 Å². The highest BCUT2D eigenvalue weighted by Crippen LogP contribution is 2.19. The van der Waals surface area contributed by atoms with E-state index in [1.807, 2.05) is 30.3 Å². The number of hydrogen-bond donors (Lipinski definition) is 0. The first-order valence-electron chi connectivity index (χ1n) is 9.00. The third kappa shape index (κ3) is 4.05. The lowest BCUT2D eigenvalue weighted by molar-refractivity contribution is 0.216. The summed E-state index contributed by atoms with van der Waals surface area (Å²) in [6.07, 6.45) is 5.08. The van der Waals surface area contributed by atoms with Gasteiger partial charge in [-0.25, -0.2) is 4.68 Å². The Morgan fingerprint density at radius 1 is 1.21 bits per heavy atom. The van der Waals surface area contributed by atoms with E-state index in [1.54, 1.807) is 13.1 Å². The SMILES string of the molecule is Cc1c(C2=CCOC2)cnn(Cc2nc(CCc3ccc(Cl)cc3)no2)c1=O. The van der Waals surface area contributed by atoms with E-state index in [4.69, 9.17) is 20.9 Å². The number of aromatic nitrogens is 4. The lowest BCUT2D eigenvalue weighted by Crippen LogP contribution is -2.26. The van der Waals surface area contributed by atoms with Crippen molar-refractivity contribution in [1.29, 1.82) is 0 Å². The van der Waals surface area contributed by atoms with Gasteiger partial charge in [-0.1, -0.05) is 35.0 Å². The van der Waals surface area contributed by atoms with Gasteiger partial charge in [-0.15, -0.1) is 0 Å². The van der Waals surface area contributed by atoms with Gasteiger partial charge in [0, 0.05) is 22.6 Å². The van der Waals surface area contributed by atoms with Gasteiger partial charge >= 0.3 is 0 Å². The predicted molar refractivity (Wildman–Crippen MR) is 104 cm³/mol. The van der Waals surface area contributed by atoms with Crippen molar-refractivity contribution in [3.63, 3.8) is 0 Å². The topological polar surface area (TPSA) is 83.0 Å². The summed E-state index contributed by atoms with van der Waals surface area (Å²) < 4.78 is 12.0. The number of aryl methyl sites for hydroxylation is 2. The third-order valence-electron chi connectivity index (χ3n) is 4.68. The fraction of sp³-hybridized carbons (Fsp3) is 0.300. The summed E-state index contributed by atoms with van der Waals surface area (Å²) in [4.78, 5) is 17.0. The first kappa shape index (κ1) is 18.6. The Hall–Kier alpha value is -2.77. The van der Waals surface area contributed by atoms with E-state index in [2.05, 4.69) is 15.2 Å². The molecule has 3 heterocycles. The molecule has 0 saturated carbocycles. The Labute approximate surface area is 166 Å². The van der Waals surface area contributed by atoms with E-state index in [9.17, 15) is 4.79 Å². The summed E-state index contributed by atoms with van der Waals surface area (Å²) in [7, 11) is 0. The zero-order valence-corrected chi connectivity index (χ0v) is 16.1. The average Bonchev–Trinajstić information content (AvgIpc) is 3.37. The molecule has 1 aromatic carbocycles. The minimum atomic E-state index is -0.175. The van der Waals surface area contributed by atoms with Crippen LogP contribution in [0.1, 0.15) is 28.4 Å². The van der Waals surface area contributed by atoms with Crippen LogP contribution < -0.4 is 5.56 Å². The number of halogens is 1. The van der Waals surface area contributed by atoms with Gasteiger partial charge in [0.15, 0.2) is 5.82 Å². The van der Waals surface area contributed by atoms with Crippen molar-refractivity contribution in [3.05, 3.63) is 80.3 Å². The summed E-state index contributed by atoms with van der Waals surface area (Å²) in [5.74, 6) is 0.955. The van der Waals surface area contributed by atoms with Crippen LogP contribution in [0.5, 0.6) is 0 Å². The molecule has 0 aliphatic carbocycles. The molecule has 28 heavy (non-hydrogen) atoms. The van der Waals surface area contributed by atoms with Crippen molar-refractivity contribution >= 4 is 17.2 Å². The maximum Gasteiger partial charge on any atom is 0.270 e. The van der Waals surface area contributed by atoms with E-state index in [1.165, 1.54) is 4.68 Å². The zero-order valence-electron chi connectivity index (χ0n) is 15.4. The summed E-state index contributed by atoms with van der Waals surface area (Å²) in [6, 6.07) is 7.66. The van der Waals surface area contributed by atoms with Crippen LogP contribution in [0, 0.1) is 6.92 Å². The van der Waals surface area contributed by atoms with Crippen molar-refractivity contribution in [1.82, 2.24) is 19.9 Å². The van der Waals surface area contributed by atoms with Crippen LogP contribution in [-0.2, 0) is 24.1 Å². The van der Waals surface area contributed by atoms with Crippen molar-refractivity contribution in [2.45, 2.75) is 26.3 Å². The molecule has 0 radical (unpaired) electrons. The van der Waals surface area contributed by atoms with E-state index < -0.39 is 0 Å². The second-order valence-corrected chi connectivity index (χ2v) is 7.06. The Kier molecular flexibility index (Phi) is 5.36. The monoisotopic (exact) mass is 398 g/mol.